The summed E-state index contributed by atoms with van der Waals surface area (Å²) in [7, 11) is -3.57. The van der Waals surface area contributed by atoms with Gasteiger partial charge in [-0.05, 0) is 54.9 Å². The average Bonchev–Trinajstić information content (AvgIpc) is 3.56. The van der Waals surface area contributed by atoms with E-state index in [1.807, 2.05) is 0 Å². The molecule has 1 atom stereocenters. The highest BCUT2D eigenvalue weighted by molar-refractivity contribution is 7.91. The Morgan fingerprint density at radius 2 is 2.05 bits per heavy atom. The molecule has 1 aliphatic heterocycles. The predicted octanol–water partition coefficient (Wildman–Crippen LogP) is 3.16. The number of amides is 2. The van der Waals surface area contributed by atoms with E-state index >= 15 is 0 Å². The maximum atomic E-state index is 13.5. The number of anilines is 2. The van der Waals surface area contributed by atoms with Gasteiger partial charge in [0.2, 0.25) is 5.91 Å². The van der Waals surface area contributed by atoms with Crippen LogP contribution in [-0.4, -0.2) is 54.7 Å². The molecule has 1 spiro atoms. The Labute approximate surface area is 218 Å². The maximum absolute atomic E-state index is 13.5. The topological polar surface area (TPSA) is 122 Å². The van der Waals surface area contributed by atoms with Crippen LogP contribution in [0.15, 0.2) is 18.2 Å². The lowest BCUT2D eigenvalue weighted by Crippen LogP contribution is -2.53. The number of halogens is 3. The van der Waals surface area contributed by atoms with Crippen molar-refractivity contribution in [3.63, 3.8) is 0 Å². The molecule has 2 heterocycles. The van der Waals surface area contributed by atoms with Gasteiger partial charge in [0, 0.05) is 24.9 Å². The number of carbonyl (C=O) groups is 2. The van der Waals surface area contributed by atoms with Crippen LogP contribution in [-0.2, 0) is 39.6 Å². The molecule has 2 aromatic rings. The number of nitrogens with one attached hydrogen (secondary N) is 3. The summed E-state index contributed by atoms with van der Waals surface area (Å²) in [6.07, 6.45) is 2.08. The highest BCUT2D eigenvalue weighted by Crippen LogP contribution is 2.43. The second-order valence-corrected chi connectivity index (χ2v) is 12.8. The number of rotatable bonds is 8. The van der Waals surface area contributed by atoms with Crippen LogP contribution in [0, 0.1) is 5.92 Å². The SMILES string of the molecule is CS(=O)(=O)CC(=O)Nc1c2c(nn1CCC1CC1)C[C@]1(CCCc3cc(NCC(F)(F)F)ccc31)NC2=O. The first-order chi connectivity index (χ1) is 17.8. The number of benzene rings is 1. The number of sulfone groups is 1. The number of hydrogen-bond donors (Lipinski definition) is 3. The zero-order valence-electron chi connectivity index (χ0n) is 21.0. The van der Waals surface area contributed by atoms with Gasteiger partial charge in [0.1, 0.15) is 23.7 Å². The summed E-state index contributed by atoms with van der Waals surface area (Å²) in [4.78, 5) is 26.0. The Kier molecular flexibility index (Phi) is 6.69. The molecule has 1 saturated carbocycles. The average molecular weight is 554 g/mol. The molecular formula is C25H30F3N5O4S. The highest BCUT2D eigenvalue weighted by Gasteiger charge is 2.45. The Balaban J connectivity index is 1.46. The number of carbonyl (C=O) groups excluding carboxylic acids is 2. The van der Waals surface area contributed by atoms with E-state index in [-0.39, 0.29) is 11.4 Å². The van der Waals surface area contributed by atoms with Gasteiger partial charge in [-0.1, -0.05) is 18.9 Å². The molecule has 2 aliphatic carbocycles. The fourth-order valence-corrected chi connectivity index (χ4v) is 6.05. The predicted molar refractivity (Wildman–Crippen MR) is 135 cm³/mol. The minimum atomic E-state index is -4.34. The monoisotopic (exact) mass is 553 g/mol. The molecule has 0 saturated heterocycles. The number of fused-ring (bicyclic) bond motifs is 3. The molecule has 0 bridgehead atoms. The van der Waals surface area contributed by atoms with Crippen LogP contribution in [0.1, 0.15) is 59.3 Å². The highest BCUT2D eigenvalue weighted by atomic mass is 32.2. The van der Waals surface area contributed by atoms with Crippen LogP contribution in [0.2, 0.25) is 0 Å². The van der Waals surface area contributed by atoms with Gasteiger partial charge in [0.15, 0.2) is 9.84 Å². The molecule has 9 nitrogen and oxygen atoms in total. The van der Waals surface area contributed by atoms with E-state index < -0.39 is 45.7 Å². The molecule has 3 aliphatic rings. The number of aryl methyl sites for hydroxylation is 2. The van der Waals surface area contributed by atoms with Crippen molar-refractivity contribution in [3.05, 3.63) is 40.6 Å². The number of alkyl halides is 3. The summed E-state index contributed by atoms with van der Waals surface area (Å²) in [6.45, 7) is -0.652. The molecule has 5 rings (SSSR count). The summed E-state index contributed by atoms with van der Waals surface area (Å²) >= 11 is 0. The summed E-state index contributed by atoms with van der Waals surface area (Å²) in [5, 5.41) is 12.8. The van der Waals surface area contributed by atoms with Crippen LogP contribution in [0.5, 0.6) is 0 Å². The molecule has 0 unspecified atom stereocenters. The second-order valence-electron chi connectivity index (χ2n) is 10.7. The number of nitrogens with zero attached hydrogens (tertiary/aromatic N) is 2. The van der Waals surface area contributed by atoms with Gasteiger partial charge >= 0.3 is 6.18 Å². The molecule has 1 fully saturated rings. The van der Waals surface area contributed by atoms with Gasteiger partial charge in [0.25, 0.3) is 5.91 Å². The zero-order chi connectivity index (χ0) is 27.3. The van der Waals surface area contributed by atoms with E-state index in [2.05, 4.69) is 16.0 Å². The van der Waals surface area contributed by atoms with E-state index in [4.69, 9.17) is 5.10 Å². The van der Waals surface area contributed by atoms with Crippen LogP contribution in [0.25, 0.3) is 0 Å². The summed E-state index contributed by atoms with van der Waals surface area (Å²) in [5.74, 6) is -1.10. The molecule has 2 amide bonds. The molecule has 38 heavy (non-hydrogen) atoms. The Bertz CT molecular complexity index is 1380. The molecule has 1 aromatic carbocycles. The third kappa shape index (κ3) is 5.82. The lowest BCUT2D eigenvalue weighted by Gasteiger charge is -2.42. The van der Waals surface area contributed by atoms with E-state index in [1.54, 1.807) is 22.9 Å². The van der Waals surface area contributed by atoms with Gasteiger partial charge < -0.3 is 16.0 Å². The van der Waals surface area contributed by atoms with Crippen molar-refractivity contribution < 1.29 is 31.2 Å². The summed E-state index contributed by atoms with van der Waals surface area (Å²) < 4.78 is 62.9. The van der Waals surface area contributed by atoms with Crippen molar-refractivity contribution in [1.82, 2.24) is 15.1 Å². The van der Waals surface area contributed by atoms with E-state index in [0.717, 1.165) is 43.1 Å². The molecule has 206 valence electrons. The minimum Gasteiger partial charge on any atom is -0.376 e. The summed E-state index contributed by atoms with van der Waals surface area (Å²) in [6, 6.07) is 5.05. The van der Waals surface area contributed by atoms with Crippen LogP contribution in [0.3, 0.4) is 0 Å². The maximum Gasteiger partial charge on any atom is 0.405 e. The van der Waals surface area contributed by atoms with E-state index in [0.29, 0.717) is 43.1 Å². The first-order valence-corrected chi connectivity index (χ1v) is 14.7. The van der Waals surface area contributed by atoms with Crippen LogP contribution >= 0.6 is 0 Å². The lowest BCUT2D eigenvalue weighted by molar-refractivity contribution is -0.115. The van der Waals surface area contributed by atoms with Crippen molar-refractivity contribution in [1.29, 1.82) is 0 Å². The van der Waals surface area contributed by atoms with Crippen molar-refractivity contribution >= 4 is 33.2 Å². The first kappa shape index (κ1) is 26.5. The third-order valence-corrected chi connectivity index (χ3v) is 8.12. The second kappa shape index (κ2) is 9.58. The van der Waals surface area contributed by atoms with Crippen molar-refractivity contribution in [3.8, 4) is 0 Å². The largest absolute Gasteiger partial charge is 0.405 e. The zero-order valence-corrected chi connectivity index (χ0v) is 21.8. The standard InChI is InChI=1S/C25H30F3N5O4S/c1-38(36,37)13-20(34)30-22-21-19(32-33(22)10-8-15-4-5-15)12-24(31-23(21)35)9-2-3-16-11-17(6-7-18(16)24)29-14-25(26,27)28/h6-7,11,15,29H,2-5,8-10,12-14H2,1H3,(H,30,34)(H,31,35)/t24-/m0/s1. The third-order valence-electron chi connectivity index (χ3n) is 7.33. The van der Waals surface area contributed by atoms with E-state index in [1.165, 1.54) is 0 Å². The molecule has 13 heteroatoms. The number of aromatic nitrogens is 2. The van der Waals surface area contributed by atoms with Gasteiger partial charge in [-0.25, -0.2) is 13.1 Å². The van der Waals surface area contributed by atoms with E-state index in [9.17, 15) is 31.2 Å². The van der Waals surface area contributed by atoms with Crippen molar-refractivity contribution in [2.75, 3.05) is 29.2 Å². The molecule has 3 N–H and O–H groups in total. The lowest BCUT2D eigenvalue weighted by atomic mass is 9.72. The van der Waals surface area contributed by atoms with Gasteiger partial charge in [0.05, 0.1) is 11.2 Å². The quantitative estimate of drug-likeness (QED) is 0.462. The fourth-order valence-electron chi connectivity index (χ4n) is 5.50. The Morgan fingerprint density at radius 1 is 1.29 bits per heavy atom. The Morgan fingerprint density at radius 3 is 2.74 bits per heavy atom. The smallest absolute Gasteiger partial charge is 0.376 e. The van der Waals surface area contributed by atoms with Gasteiger partial charge in [-0.2, -0.15) is 18.3 Å². The molecular weight excluding hydrogens is 523 g/mol. The number of hydrogen-bond acceptors (Lipinski definition) is 6. The van der Waals surface area contributed by atoms with Crippen molar-refractivity contribution in [2.24, 2.45) is 5.92 Å². The van der Waals surface area contributed by atoms with Crippen molar-refractivity contribution in [2.45, 2.75) is 63.2 Å². The fraction of sp³-hybridized carbons (Fsp3) is 0.560. The van der Waals surface area contributed by atoms with Crippen LogP contribution in [0.4, 0.5) is 24.7 Å². The molecule has 0 radical (unpaired) electrons. The van der Waals surface area contributed by atoms with Crippen LogP contribution < -0.4 is 16.0 Å². The Hall–Kier alpha value is -3.09. The normalized spacial score (nSPS) is 21.0. The van der Waals surface area contributed by atoms with Gasteiger partial charge in [-0.15, -0.1) is 0 Å². The van der Waals surface area contributed by atoms with Gasteiger partial charge in [-0.3, -0.25) is 9.59 Å². The first-order valence-electron chi connectivity index (χ1n) is 12.7. The minimum absolute atomic E-state index is 0.199. The summed E-state index contributed by atoms with van der Waals surface area (Å²) in [5.41, 5.74) is 2.03. The molecule has 1 aromatic heterocycles.